The maximum absolute atomic E-state index is 5.37. The van der Waals surface area contributed by atoms with Crippen molar-refractivity contribution in [2.24, 2.45) is 0 Å². The van der Waals surface area contributed by atoms with E-state index in [9.17, 15) is 0 Å². The first-order chi connectivity index (χ1) is 7.34. The van der Waals surface area contributed by atoms with Crippen LogP contribution in [0, 0.1) is 6.92 Å². The summed E-state index contributed by atoms with van der Waals surface area (Å²) < 4.78 is 5.37. The summed E-state index contributed by atoms with van der Waals surface area (Å²) in [4.78, 5) is 4.28. The van der Waals surface area contributed by atoms with E-state index in [1.165, 1.54) is 5.56 Å². The molecule has 1 saturated heterocycles. The van der Waals surface area contributed by atoms with Crippen LogP contribution < -0.4 is 10.6 Å². The van der Waals surface area contributed by atoms with Gasteiger partial charge in [0, 0.05) is 25.3 Å². The molecule has 1 aliphatic heterocycles. The molecule has 1 aliphatic rings. The van der Waals surface area contributed by atoms with Crippen molar-refractivity contribution in [3.8, 4) is 0 Å². The fraction of sp³-hybridized carbons (Fsp3) is 0.545. The maximum Gasteiger partial charge on any atom is 0.125 e. The molecule has 2 rings (SSSR count). The number of pyridine rings is 1. The summed E-state index contributed by atoms with van der Waals surface area (Å²) in [7, 11) is 0. The number of rotatable bonds is 3. The molecule has 4 nitrogen and oxygen atoms in total. The summed E-state index contributed by atoms with van der Waals surface area (Å²) in [6, 6.07) is 4.45. The molecule has 0 spiro atoms. The predicted octanol–water partition coefficient (Wildman–Crippen LogP) is 0.790. The Bertz CT molecular complexity index is 293. The third kappa shape index (κ3) is 3.18. The van der Waals surface area contributed by atoms with E-state index in [2.05, 4.69) is 21.7 Å². The van der Waals surface area contributed by atoms with Crippen LogP contribution in [0.15, 0.2) is 18.3 Å². The van der Waals surface area contributed by atoms with Gasteiger partial charge in [0.15, 0.2) is 0 Å². The molecule has 15 heavy (non-hydrogen) atoms. The Morgan fingerprint density at radius 3 is 3.20 bits per heavy atom. The van der Waals surface area contributed by atoms with E-state index < -0.39 is 0 Å². The summed E-state index contributed by atoms with van der Waals surface area (Å²) in [5, 5.41) is 6.67. The third-order valence-corrected chi connectivity index (χ3v) is 2.44. The third-order valence-electron chi connectivity index (χ3n) is 2.44. The van der Waals surface area contributed by atoms with E-state index >= 15 is 0 Å². The van der Waals surface area contributed by atoms with Crippen molar-refractivity contribution < 1.29 is 4.74 Å². The lowest BCUT2D eigenvalue weighted by Gasteiger charge is -2.24. The van der Waals surface area contributed by atoms with Crippen molar-refractivity contribution >= 4 is 5.82 Å². The Kier molecular flexibility index (Phi) is 3.53. The van der Waals surface area contributed by atoms with Crippen LogP contribution in [0.2, 0.25) is 0 Å². The highest BCUT2D eigenvalue weighted by molar-refractivity contribution is 5.35. The second-order valence-corrected chi connectivity index (χ2v) is 3.83. The number of aryl methyl sites for hydroxylation is 1. The molecule has 1 fully saturated rings. The van der Waals surface area contributed by atoms with Crippen LogP contribution in [0.1, 0.15) is 5.56 Å². The van der Waals surface area contributed by atoms with Crippen molar-refractivity contribution in [2.45, 2.75) is 13.0 Å². The lowest BCUT2D eigenvalue weighted by Crippen LogP contribution is -2.45. The zero-order valence-electron chi connectivity index (χ0n) is 8.99. The highest BCUT2D eigenvalue weighted by Crippen LogP contribution is 2.04. The van der Waals surface area contributed by atoms with Crippen molar-refractivity contribution in [3.05, 3.63) is 23.9 Å². The molecular formula is C11H17N3O. The highest BCUT2D eigenvalue weighted by Gasteiger charge is 2.12. The molecule has 2 N–H and O–H groups in total. The SMILES string of the molecule is Cc1ccc(NCC2COCCN2)nc1. The first kappa shape index (κ1) is 10.4. The fourth-order valence-corrected chi connectivity index (χ4v) is 1.55. The van der Waals surface area contributed by atoms with Gasteiger partial charge >= 0.3 is 0 Å². The largest absolute Gasteiger partial charge is 0.378 e. The van der Waals surface area contributed by atoms with Gasteiger partial charge in [0.05, 0.1) is 13.2 Å². The monoisotopic (exact) mass is 207 g/mol. The highest BCUT2D eigenvalue weighted by atomic mass is 16.5. The van der Waals surface area contributed by atoms with Crippen molar-refractivity contribution in [1.82, 2.24) is 10.3 Å². The number of anilines is 1. The second-order valence-electron chi connectivity index (χ2n) is 3.83. The summed E-state index contributed by atoms with van der Waals surface area (Å²) in [5.41, 5.74) is 1.18. The minimum atomic E-state index is 0.391. The smallest absolute Gasteiger partial charge is 0.125 e. The van der Waals surface area contributed by atoms with Gasteiger partial charge < -0.3 is 15.4 Å². The number of morpholine rings is 1. The Balaban J connectivity index is 1.79. The minimum absolute atomic E-state index is 0.391. The molecule has 0 bridgehead atoms. The molecule has 1 unspecified atom stereocenters. The summed E-state index contributed by atoms with van der Waals surface area (Å²) in [6.07, 6.45) is 1.87. The minimum Gasteiger partial charge on any atom is -0.378 e. The molecule has 2 heterocycles. The molecule has 0 saturated carbocycles. The zero-order valence-corrected chi connectivity index (χ0v) is 8.99. The summed E-state index contributed by atoms with van der Waals surface area (Å²) >= 11 is 0. The van der Waals surface area contributed by atoms with E-state index in [1.807, 2.05) is 19.2 Å². The lowest BCUT2D eigenvalue weighted by atomic mass is 10.2. The van der Waals surface area contributed by atoms with Crippen LogP contribution in [-0.4, -0.2) is 37.3 Å². The molecule has 1 atom stereocenters. The molecule has 1 aromatic heterocycles. The Hall–Kier alpha value is -1.13. The van der Waals surface area contributed by atoms with Gasteiger partial charge in [-0.1, -0.05) is 6.07 Å². The number of ether oxygens (including phenoxy) is 1. The predicted molar refractivity (Wildman–Crippen MR) is 60.1 cm³/mol. The van der Waals surface area contributed by atoms with Crippen LogP contribution in [0.5, 0.6) is 0 Å². The average Bonchev–Trinajstić information content (AvgIpc) is 2.30. The van der Waals surface area contributed by atoms with E-state index in [1.54, 1.807) is 0 Å². The van der Waals surface area contributed by atoms with E-state index in [4.69, 9.17) is 4.74 Å². The van der Waals surface area contributed by atoms with Gasteiger partial charge in [-0.3, -0.25) is 0 Å². The first-order valence-corrected chi connectivity index (χ1v) is 5.32. The quantitative estimate of drug-likeness (QED) is 0.769. The van der Waals surface area contributed by atoms with Crippen LogP contribution in [0.4, 0.5) is 5.82 Å². The second kappa shape index (κ2) is 5.09. The number of nitrogens with zero attached hydrogens (tertiary/aromatic N) is 1. The van der Waals surface area contributed by atoms with Gasteiger partial charge in [0.1, 0.15) is 5.82 Å². The van der Waals surface area contributed by atoms with Crippen LogP contribution in [0.3, 0.4) is 0 Å². The van der Waals surface area contributed by atoms with Gasteiger partial charge in [0.2, 0.25) is 0 Å². The van der Waals surface area contributed by atoms with Crippen LogP contribution in [-0.2, 0) is 4.74 Å². The lowest BCUT2D eigenvalue weighted by molar-refractivity contribution is 0.0806. The molecule has 4 heteroatoms. The number of hydrogen-bond acceptors (Lipinski definition) is 4. The molecule has 0 aromatic carbocycles. The Morgan fingerprint density at radius 1 is 1.60 bits per heavy atom. The normalized spacial score (nSPS) is 21.3. The number of aromatic nitrogens is 1. The number of hydrogen-bond donors (Lipinski definition) is 2. The van der Waals surface area contributed by atoms with Gasteiger partial charge in [-0.15, -0.1) is 0 Å². The maximum atomic E-state index is 5.37. The molecule has 0 amide bonds. The van der Waals surface area contributed by atoms with Gasteiger partial charge in [-0.2, -0.15) is 0 Å². The average molecular weight is 207 g/mol. The van der Waals surface area contributed by atoms with E-state index in [-0.39, 0.29) is 0 Å². The molecule has 0 aliphatic carbocycles. The number of nitrogens with one attached hydrogen (secondary N) is 2. The Labute approximate surface area is 90.0 Å². The van der Waals surface area contributed by atoms with Crippen molar-refractivity contribution in [3.63, 3.8) is 0 Å². The summed E-state index contributed by atoms with van der Waals surface area (Å²) in [5.74, 6) is 0.924. The van der Waals surface area contributed by atoms with Gasteiger partial charge in [0.25, 0.3) is 0 Å². The van der Waals surface area contributed by atoms with Crippen LogP contribution in [0.25, 0.3) is 0 Å². The molecular weight excluding hydrogens is 190 g/mol. The van der Waals surface area contributed by atoms with Crippen molar-refractivity contribution in [1.29, 1.82) is 0 Å². The topological polar surface area (TPSA) is 46.2 Å². The van der Waals surface area contributed by atoms with E-state index in [0.29, 0.717) is 6.04 Å². The first-order valence-electron chi connectivity index (χ1n) is 5.32. The molecule has 0 radical (unpaired) electrons. The zero-order chi connectivity index (χ0) is 10.5. The van der Waals surface area contributed by atoms with Gasteiger partial charge in [-0.25, -0.2) is 4.98 Å². The standard InChI is InChI=1S/C11H17N3O/c1-9-2-3-11(13-6-9)14-7-10-8-15-5-4-12-10/h2-3,6,10,12H,4-5,7-8H2,1H3,(H,13,14). The Morgan fingerprint density at radius 2 is 2.53 bits per heavy atom. The summed E-state index contributed by atoms with van der Waals surface area (Å²) in [6.45, 7) is 5.43. The van der Waals surface area contributed by atoms with Crippen molar-refractivity contribution in [2.75, 3.05) is 31.6 Å². The van der Waals surface area contributed by atoms with E-state index in [0.717, 1.165) is 32.1 Å². The van der Waals surface area contributed by atoms with Gasteiger partial charge in [-0.05, 0) is 18.6 Å². The fourth-order valence-electron chi connectivity index (χ4n) is 1.55. The van der Waals surface area contributed by atoms with Crippen LogP contribution >= 0.6 is 0 Å². The molecule has 82 valence electrons. The molecule has 1 aromatic rings.